The van der Waals surface area contributed by atoms with Crippen LogP contribution >= 0.6 is 0 Å². The molecule has 0 N–H and O–H groups in total. The quantitative estimate of drug-likeness (QED) is 0.168. The van der Waals surface area contributed by atoms with Crippen molar-refractivity contribution >= 4 is 17.5 Å². The van der Waals surface area contributed by atoms with E-state index in [2.05, 4.69) is 13.8 Å². The number of hydrogen-bond donors (Lipinski definition) is 0. The summed E-state index contributed by atoms with van der Waals surface area (Å²) in [5.41, 5.74) is 0.985. The highest BCUT2D eigenvalue weighted by atomic mass is 16.7. The lowest BCUT2D eigenvalue weighted by Crippen LogP contribution is -2.26. The molecular weight excluding hydrogens is 464 g/mol. The van der Waals surface area contributed by atoms with Gasteiger partial charge in [-0.15, -0.1) is 0 Å². The number of nitro groups is 2. The number of nitrogens with zero attached hydrogens (tertiary/aromatic N) is 2. The van der Waals surface area contributed by atoms with Crippen LogP contribution in [0.25, 0.3) is 0 Å². The standard InChI is InChI=1S/C27H32N2O7/c1-3-13-26(15-16-26)23(19-5-9-21(10-6-19)28(31)32)35-25(30)36-24(27(14-4-2)17-18-27)20-7-11-22(12-8-20)29(33)34/h5-12,23-24H,3-4,13-18H2,1-2H3. The summed E-state index contributed by atoms with van der Waals surface area (Å²) in [6, 6.07) is 12.3. The molecular formula is C27H32N2O7. The molecule has 2 aromatic rings. The first-order valence-electron chi connectivity index (χ1n) is 12.6. The van der Waals surface area contributed by atoms with Crippen LogP contribution in [-0.4, -0.2) is 16.0 Å². The predicted molar refractivity (Wildman–Crippen MR) is 132 cm³/mol. The number of carbonyl (C=O) groups is 1. The van der Waals surface area contributed by atoms with Crippen molar-refractivity contribution in [3.8, 4) is 0 Å². The van der Waals surface area contributed by atoms with E-state index in [0.29, 0.717) is 11.1 Å². The fraction of sp³-hybridized carbons (Fsp3) is 0.519. The Bertz CT molecular complexity index is 1020. The molecule has 2 fully saturated rings. The van der Waals surface area contributed by atoms with Crippen molar-refractivity contribution in [1.29, 1.82) is 0 Å². The average Bonchev–Trinajstić information content (AvgIpc) is 3.79. The van der Waals surface area contributed by atoms with Crippen LogP contribution in [-0.2, 0) is 9.47 Å². The van der Waals surface area contributed by atoms with Gasteiger partial charge in [0, 0.05) is 35.1 Å². The topological polar surface area (TPSA) is 122 Å². The molecule has 0 bridgehead atoms. The Morgan fingerprint density at radius 3 is 1.33 bits per heavy atom. The van der Waals surface area contributed by atoms with Crippen LogP contribution in [0.15, 0.2) is 48.5 Å². The zero-order valence-electron chi connectivity index (χ0n) is 20.7. The molecule has 9 heteroatoms. The van der Waals surface area contributed by atoms with E-state index in [-0.39, 0.29) is 22.2 Å². The summed E-state index contributed by atoms with van der Waals surface area (Å²) in [4.78, 5) is 34.6. The van der Waals surface area contributed by atoms with E-state index in [1.807, 2.05) is 0 Å². The van der Waals surface area contributed by atoms with Crippen LogP contribution in [0.3, 0.4) is 0 Å². The first-order chi connectivity index (χ1) is 17.2. The highest BCUT2D eigenvalue weighted by Gasteiger charge is 2.54. The van der Waals surface area contributed by atoms with Gasteiger partial charge in [0.25, 0.3) is 11.4 Å². The molecule has 2 atom stereocenters. The van der Waals surface area contributed by atoms with Gasteiger partial charge < -0.3 is 9.47 Å². The second-order valence-corrected chi connectivity index (χ2v) is 10.2. The lowest BCUT2D eigenvalue weighted by Gasteiger charge is -2.30. The third-order valence-corrected chi connectivity index (χ3v) is 7.63. The Kier molecular flexibility index (Phi) is 7.28. The van der Waals surface area contributed by atoms with E-state index in [1.54, 1.807) is 24.3 Å². The molecule has 0 heterocycles. The number of nitro benzene ring substituents is 2. The molecule has 2 saturated carbocycles. The summed E-state index contributed by atoms with van der Waals surface area (Å²) < 4.78 is 12.0. The van der Waals surface area contributed by atoms with Crippen molar-refractivity contribution in [2.24, 2.45) is 10.8 Å². The third kappa shape index (κ3) is 5.34. The number of carbonyl (C=O) groups excluding carboxylic acids is 1. The molecule has 9 nitrogen and oxygen atoms in total. The van der Waals surface area contributed by atoms with Crippen LogP contribution < -0.4 is 0 Å². The van der Waals surface area contributed by atoms with Crippen LogP contribution in [0.2, 0.25) is 0 Å². The van der Waals surface area contributed by atoms with Gasteiger partial charge in [-0.1, -0.05) is 26.7 Å². The lowest BCUT2D eigenvalue weighted by atomic mass is 9.88. The maximum atomic E-state index is 13.3. The molecule has 2 aliphatic carbocycles. The fourth-order valence-corrected chi connectivity index (χ4v) is 5.46. The number of non-ortho nitro benzene ring substituents is 2. The molecule has 0 radical (unpaired) electrons. The Hall–Kier alpha value is -3.49. The summed E-state index contributed by atoms with van der Waals surface area (Å²) >= 11 is 0. The third-order valence-electron chi connectivity index (χ3n) is 7.63. The SMILES string of the molecule is CCCC1(C(OC(=O)OC(c2ccc([N+](=O)[O-])cc2)C2(CCC)CC2)c2ccc([N+](=O)[O-])cc2)CC1. The summed E-state index contributed by atoms with van der Waals surface area (Å²) in [7, 11) is 0. The van der Waals surface area contributed by atoms with Gasteiger partial charge in [0.05, 0.1) is 9.85 Å². The number of ether oxygens (including phenoxy) is 2. The summed E-state index contributed by atoms with van der Waals surface area (Å²) in [6.07, 6.45) is 5.28. The van der Waals surface area contributed by atoms with E-state index in [9.17, 15) is 25.0 Å². The molecule has 0 aromatic heterocycles. The molecule has 36 heavy (non-hydrogen) atoms. The molecule has 0 spiro atoms. The maximum absolute atomic E-state index is 13.3. The molecule has 2 unspecified atom stereocenters. The monoisotopic (exact) mass is 496 g/mol. The van der Waals surface area contributed by atoms with E-state index in [1.165, 1.54) is 24.3 Å². The average molecular weight is 497 g/mol. The van der Waals surface area contributed by atoms with Gasteiger partial charge in [0.2, 0.25) is 0 Å². The molecule has 0 saturated heterocycles. The molecule has 4 rings (SSSR count). The van der Waals surface area contributed by atoms with Crippen LogP contribution in [0.5, 0.6) is 0 Å². The molecule has 0 amide bonds. The predicted octanol–water partition coefficient (Wildman–Crippen LogP) is 7.60. The van der Waals surface area contributed by atoms with Crippen molar-refractivity contribution in [2.75, 3.05) is 0 Å². The largest absolute Gasteiger partial charge is 0.509 e. The van der Waals surface area contributed by atoms with Crippen molar-refractivity contribution in [3.63, 3.8) is 0 Å². The zero-order valence-corrected chi connectivity index (χ0v) is 20.7. The van der Waals surface area contributed by atoms with Crippen LogP contribution in [0.1, 0.15) is 88.5 Å². The Labute approximate surface area is 210 Å². The van der Waals surface area contributed by atoms with E-state index < -0.39 is 28.2 Å². The number of rotatable bonds is 12. The van der Waals surface area contributed by atoms with Gasteiger partial charge >= 0.3 is 6.16 Å². The molecule has 0 aliphatic heterocycles. The number of hydrogen-bond acceptors (Lipinski definition) is 7. The molecule has 192 valence electrons. The van der Waals surface area contributed by atoms with Crippen molar-refractivity contribution in [3.05, 3.63) is 79.9 Å². The van der Waals surface area contributed by atoms with Gasteiger partial charge in [0.1, 0.15) is 12.2 Å². The van der Waals surface area contributed by atoms with Crippen molar-refractivity contribution in [2.45, 2.75) is 77.4 Å². The highest BCUT2D eigenvalue weighted by Crippen LogP contribution is 2.61. The van der Waals surface area contributed by atoms with Gasteiger partial charge in [-0.3, -0.25) is 20.2 Å². The fourth-order valence-electron chi connectivity index (χ4n) is 5.46. The van der Waals surface area contributed by atoms with E-state index >= 15 is 0 Å². The van der Waals surface area contributed by atoms with Gasteiger partial charge in [-0.2, -0.15) is 0 Å². The molecule has 2 aliphatic rings. The van der Waals surface area contributed by atoms with E-state index in [0.717, 1.165) is 51.4 Å². The van der Waals surface area contributed by atoms with Gasteiger partial charge in [-0.25, -0.2) is 4.79 Å². The second kappa shape index (κ2) is 10.2. The van der Waals surface area contributed by atoms with E-state index in [4.69, 9.17) is 9.47 Å². The Balaban J connectivity index is 1.58. The minimum atomic E-state index is -0.786. The summed E-state index contributed by atoms with van der Waals surface area (Å²) in [5, 5.41) is 22.2. The Morgan fingerprint density at radius 2 is 1.08 bits per heavy atom. The normalized spacial score (nSPS) is 18.5. The van der Waals surface area contributed by atoms with Crippen LogP contribution in [0.4, 0.5) is 16.2 Å². The second-order valence-electron chi connectivity index (χ2n) is 10.2. The lowest BCUT2D eigenvalue weighted by molar-refractivity contribution is -0.385. The first-order valence-corrected chi connectivity index (χ1v) is 12.6. The number of benzene rings is 2. The maximum Gasteiger partial charge on any atom is 0.509 e. The van der Waals surface area contributed by atoms with Crippen molar-refractivity contribution in [1.82, 2.24) is 0 Å². The highest BCUT2D eigenvalue weighted by molar-refractivity contribution is 5.61. The van der Waals surface area contributed by atoms with Crippen LogP contribution in [0, 0.1) is 31.1 Å². The van der Waals surface area contributed by atoms with Crippen molar-refractivity contribution < 1.29 is 24.1 Å². The first kappa shape index (κ1) is 25.6. The zero-order chi connectivity index (χ0) is 25.9. The minimum Gasteiger partial charge on any atom is -0.425 e. The van der Waals surface area contributed by atoms with Gasteiger partial charge in [0.15, 0.2) is 0 Å². The molecule has 2 aromatic carbocycles. The minimum absolute atomic E-state index is 0.0195. The van der Waals surface area contributed by atoms with Gasteiger partial charge in [-0.05, 0) is 73.9 Å². The summed E-state index contributed by atoms with van der Waals surface area (Å²) in [5.74, 6) is 0. The smallest absolute Gasteiger partial charge is 0.425 e. The summed E-state index contributed by atoms with van der Waals surface area (Å²) in [6.45, 7) is 4.16. The Morgan fingerprint density at radius 1 is 0.750 bits per heavy atom.